The number of nitrogens with zero attached hydrogens (tertiary/aromatic N) is 6. The zero-order chi connectivity index (χ0) is 22.5. The van der Waals surface area contributed by atoms with Crippen LogP contribution in [0.15, 0.2) is 60.0 Å². The van der Waals surface area contributed by atoms with Crippen molar-refractivity contribution in [2.24, 2.45) is 0 Å². The Labute approximate surface area is 180 Å². The van der Waals surface area contributed by atoms with Gasteiger partial charge in [-0.25, -0.2) is 18.1 Å². The van der Waals surface area contributed by atoms with Gasteiger partial charge in [-0.15, -0.1) is 0 Å². The Hall–Kier alpha value is -3.41. The molecule has 0 amide bonds. The van der Waals surface area contributed by atoms with Gasteiger partial charge in [-0.2, -0.15) is 23.4 Å². The van der Waals surface area contributed by atoms with Crippen LogP contribution >= 0.6 is 0 Å². The highest BCUT2D eigenvalue weighted by Crippen LogP contribution is 2.33. The van der Waals surface area contributed by atoms with E-state index < -0.39 is 21.8 Å². The maximum absolute atomic E-state index is 13.5. The highest BCUT2D eigenvalue weighted by molar-refractivity contribution is 7.92. The van der Waals surface area contributed by atoms with Gasteiger partial charge in [0, 0.05) is 24.7 Å². The molecule has 0 atom stereocenters. The number of pyridine rings is 1. The summed E-state index contributed by atoms with van der Waals surface area (Å²) in [6.45, 7) is 0.952. The number of anilines is 1. The van der Waals surface area contributed by atoms with Crippen LogP contribution in [0.4, 0.5) is 18.9 Å². The van der Waals surface area contributed by atoms with Crippen LogP contribution in [-0.2, 0) is 22.7 Å². The molecule has 3 aromatic heterocycles. The molecule has 1 aromatic carbocycles. The summed E-state index contributed by atoms with van der Waals surface area (Å²) < 4.78 is 70.3. The number of halogens is 3. The van der Waals surface area contributed by atoms with Crippen LogP contribution in [0.3, 0.4) is 0 Å². The van der Waals surface area contributed by atoms with Gasteiger partial charge in [-0.3, -0.25) is 8.99 Å². The third-order valence-corrected chi connectivity index (χ3v) is 7.11. The van der Waals surface area contributed by atoms with Crippen molar-refractivity contribution in [3.8, 4) is 5.82 Å². The van der Waals surface area contributed by atoms with Crippen molar-refractivity contribution in [2.45, 2.75) is 30.5 Å². The van der Waals surface area contributed by atoms with E-state index in [2.05, 4.69) is 15.2 Å². The van der Waals surface area contributed by atoms with E-state index in [-0.39, 0.29) is 17.3 Å². The molecule has 12 heteroatoms. The lowest BCUT2D eigenvalue weighted by atomic mass is 10.2. The van der Waals surface area contributed by atoms with E-state index in [1.807, 2.05) is 6.07 Å². The number of aromatic nitrogens is 5. The molecule has 0 unspecified atom stereocenters. The van der Waals surface area contributed by atoms with Gasteiger partial charge in [0.1, 0.15) is 4.90 Å². The molecule has 0 spiro atoms. The number of alkyl halides is 3. The second-order valence-electron chi connectivity index (χ2n) is 7.39. The lowest BCUT2D eigenvalue weighted by Gasteiger charge is -2.26. The Morgan fingerprint density at radius 2 is 1.81 bits per heavy atom. The molecule has 0 fully saturated rings. The van der Waals surface area contributed by atoms with Gasteiger partial charge < -0.3 is 0 Å². The molecule has 0 N–H and O–H groups in total. The Morgan fingerprint density at radius 3 is 2.62 bits per heavy atom. The lowest BCUT2D eigenvalue weighted by Crippen LogP contribution is -2.33. The highest BCUT2D eigenvalue weighted by atomic mass is 32.2. The minimum Gasteiger partial charge on any atom is -0.264 e. The van der Waals surface area contributed by atoms with E-state index in [0.717, 1.165) is 46.5 Å². The Bertz CT molecular complexity index is 1410. The average Bonchev–Trinajstić information content (AvgIpc) is 3.39. The van der Waals surface area contributed by atoms with Gasteiger partial charge in [0.2, 0.25) is 0 Å². The summed E-state index contributed by atoms with van der Waals surface area (Å²) >= 11 is 0. The first-order valence-electron chi connectivity index (χ1n) is 9.81. The van der Waals surface area contributed by atoms with Gasteiger partial charge in [0.25, 0.3) is 10.0 Å². The fraction of sp³-hybridized carbons (Fsp3) is 0.250. The molecule has 5 rings (SSSR count). The molecule has 1 aliphatic rings. The molecule has 32 heavy (non-hydrogen) atoms. The van der Waals surface area contributed by atoms with Gasteiger partial charge in [0.15, 0.2) is 5.82 Å². The molecule has 0 radical (unpaired) electrons. The number of rotatable bonds is 3. The van der Waals surface area contributed by atoms with Gasteiger partial charge in [-0.1, -0.05) is 12.1 Å². The predicted molar refractivity (Wildman–Crippen MR) is 110 cm³/mol. The van der Waals surface area contributed by atoms with E-state index in [0.29, 0.717) is 18.7 Å². The molecule has 166 valence electrons. The number of hydrogen-bond acceptors (Lipinski definition) is 5. The van der Waals surface area contributed by atoms with Crippen LogP contribution in [0.5, 0.6) is 0 Å². The second-order valence-corrected chi connectivity index (χ2v) is 9.25. The van der Waals surface area contributed by atoms with Crippen molar-refractivity contribution in [2.75, 3.05) is 10.8 Å². The van der Waals surface area contributed by atoms with Crippen LogP contribution in [0.1, 0.15) is 18.4 Å². The minimum absolute atomic E-state index is 0.130. The molecule has 4 aromatic rings. The third-order valence-electron chi connectivity index (χ3n) is 5.34. The number of aryl methyl sites for hydroxylation is 1. The van der Waals surface area contributed by atoms with Crippen molar-refractivity contribution < 1.29 is 21.6 Å². The quantitative estimate of drug-likeness (QED) is 0.464. The van der Waals surface area contributed by atoms with E-state index >= 15 is 0 Å². The number of hydrogen-bond donors (Lipinski definition) is 0. The summed E-state index contributed by atoms with van der Waals surface area (Å²) in [5, 5.41) is 9.15. The van der Waals surface area contributed by atoms with E-state index in [1.54, 1.807) is 23.0 Å². The molecule has 0 bridgehead atoms. The highest BCUT2D eigenvalue weighted by Gasteiger charge is 2.32. The Kier molecular flexibility index (Phi) is 4.69. The largest absolute Gasteiger partial charge is 0.416 e. The monoisotopic (exact) mass is 462 g/mol. The molecule has 1 aliphatic heterocycles. The summed E-state index contributed by atoms with van der Waals surface area (Å²) in [6, 6.07) is 7.02. The van der Waals surface area contributed by atoms with Crippen molar-refractivity contribution in [3.63, 3.8) is 0 Å². The van der Waals surface area contributed by atoms with Crippen LogP contribution in [0, 0.1) is 0 Å². The number of benzene rings is 1. The summed E-state index contributed by atoms with van der Waals surface area (Å²) in [6.07, 6.45) is 1.83. The number of para-hydroxylation sites is 1. The molecule has 0 aliphatic carbocycles. The maximum Gasteiger partial charge on any atom is 0.416 e. The molecule has 8 nitrogen and oxygen atoms in total. The summed E-state index contributed by atoms with van der Waals surface area (Å²) in [7, 11) is -4.04. The first-order chi connectivity index (χ1) is 15.2. The SMILES string of the molecule is O=S(=O)(c1cnn(-c2cc(C(F)(F)F)ccn2)c1)N1CCCCn2ncc3cccc1c32. The first kappa shape index (κ1) is 20.5. The molecule has 4 heterocycles. The lowest BCUT2D eigenvalue weighted by molar-refractivity contribution is -0.137. The third kappa shape index (κ3) is 3.40. The van der Waals surface area contributed by atoms with Crippen LogP contribution < -0.4 is 4.31 Å². The standard InChI is InChI=1S/C20H17F3N6O2S/c21-20(22,23)15-6-7-24-18(10-15)28-13-16(12-26-28)32(30,31)29-9-2-1-8-27-19-14(11-25-27)4-3-5-17(19)29/h3-7,10-13H,1-2,8-9H2. The van der Waals surface area contributed by atoms with E-state index in [1.165, 1.54) is 10.5 Å². The first-order valence-corrected chi connectivity index (χ1v) is 11.2. The fourth-order valence-corrected chi connectivity index (χ4v) is 5.24. The minimum atomic E-state index is -4.55. The van der Waals surface area contributed by atoms with Crippen molar-refractivity contribution in [1.29, 1.82) is 0 Å². The van der Waals surface area contributed by atoms with Crippen LogP contribution in [0.2, 0.25) is 0 Å². The van der Waals surface area contributed by atoms with E-state index in [9.17, 15) is 21.6 Å². The normalized spacial score (nSPS) is 15.0. The smallest absolute Gasteiger partial charge is 0.264 e. The summed E-state index contributed by atoms with van der Waals surface area (Å²) in [4.78, 5) is 3.75. The van der Waals surface area contributed by atoms with Crippen molar-refractivity contribution >= 4 is 26.6 Å². The zero-order valence-electron chi connectivity index (χ0n) is 16.6. The van der Waals surface area contributed by atoms with Crippen molar-refractivity contribution in [1.82, 2.24) is 24.5 Å². The van der Waals surface area contributed by atoms with Crippen LogP contribution in [-0.4, -0.2) is 39.5 Å². The number of sulfonamides is 1. The van der Waals surface area contributed by atoms with Crippen LogP contribution in [0.25, 0.3) is 16.7 Å². The second kappa shape index (κ2) is 7.33. The van der Waals surface area contributed by atoms with Gasteiger partial charge in [-0.05, 0) is 31.0 Å². The van der Waals surface area contributed by atoms with E-state index in [4.69, 9.17) is 0 Å². The predicted octanol–water partition coefficient (Wildman–Crippen LogP) is 3.62. The van der Waals surface area contributed by atoms with Gasteiger partial charge in [0.05, 0.1) is 35.4 Å². The fourth-order valence-electron chi connectivity index (χ4n) is 3.79. The average molecular weight is 462 g/mol. The Morgan fingerprint density at radius 1 is 1.00 bits per heavy atom. The zero-order valence-corrected chi connectivity index (χ0v) is 17.4. The maximum atomic E-state index is 13.5. The topological polar surface area (TPSA) is 85.9 Å². The summed E-state index contributed by atoms with van der Waals surface area (Å²) in [5.41, 5.74) is 0.332. The Balaban J connectivity index is 1.57. The molecular weight excluding hydrogens is 445 g/mol. The van der Waals surface area contributed by atoms with Crippen molar-refractivity contribution in [3.05, 3.63) is 60.7 Å². The molecule has 0 saturated carbocycles. The van der Waals surface area contributed by atoms with Gasteiger partial charge >= 0.3 is 6.18 Å². The summed E-state index contributed by atoms with van der Waals surface area (Å²) in [5.74, 6) is -0.130. The molecular formula is C20H17F3N6O2S. The molecule has 0 saturated heterocycles.